The minimum absolute atomic E-state index is 0.0933. The molecule has 1 aliphatic heterocycles. The summed E-state index contributed by atoms with van der Waals surface area (Å²) in [7, 11) is 0. The third-order valence-electron chi connectivity index (χ3n) is 2.73. The molecule has 1 fully saturated rings. The van der Waals surface area contributed by atoms with Gasteiger partial charge in [0.1, 0.15) is 11.2 Å². The number of carbonyl (C=O) groups is 2. The van der Waals surface area contributed by atoms with Crippen LogP contribution in [0.3, 0.4) is 0 Å². The van der Waals surface area contributed by atoms with Gasteiger partial charge in [-0.05, 0) is 19.1 Å². The van der Waals surface area contributed by atoms with Crippen LogP contribution < -0.4 is 0 Å². The van der Waals surface area contributed by atoms with E-state index in [1.807, 2.05) is 0 Å². The lowest BCUT2D eigenvalue weighted by molar-refractivity contribution is -0.141. The summed E-state index contributed by atoms with van der Waals surface area (Å²) >= 11 is 7.29. The van der Waals surface area contributed by atoms with Crippen molar-refractivity contribution >= 4 is 35.2 Å². The summed E-state index contributed by atoms with van der Waals surface area (Å²) in [5, 5.41) is 9.02. The number of aliphatic carboxylic acids is 1. The van der Waals surface area contributed by atoms with Crippen molar-refractivity contribution in [2.45, 2.75) is 18.3 Å². The minimum atomic E-state index is -1.000. The number of nitrogens with zero attached hydrogens (tertiary/aromatic N) is 2. The molecule has 1 saturated heterocycles. The summed E-state index contributed by atoms with van der Waals surface area (Å²) in [5.74, 6) is -1.00. The highest BCUT2D eigenvalue weighted by Crippen LogP contribution is 2.31. The quantitative estimate of drug-likeness (QED) is 0.838. The fourth-order valence-electron chi connectivity index (χ4n) is 1.83. The van der Waals surface area contributed by atoms with Gasteiger partial charge in [-0.2, -0.15) is 0 Å². The van der Waals surface area contributed by atoms with E-state index < -0.39 is 17.9 Å². The molecule has 2 heterocycles. The van der Waals surface area contributed by atoms with Gasteiger partial charge in [0.2, 0.25) is 0 Å². The van der Waals surface area contributed by atoms with Gasteiger partial charge in [-0.1, -0.05) is 11.6 Å². The molecule has 0 aromatic carbocycles. The first-order chi connectivity index (χ1) is 8.52. The van der Waals surface area contributed by atoms with E-state index in [4.69, 9.17) is 16.7 Å². The van der Waals surface area contributed by atoms with Gasteiger partial charge in [0, 0.05) is 11.9 Å². The van der Waals surface area contributed by atoms with Crippen LogP contribution in [0.4, 0.5) is 0 Å². The molecule has 1 aliphatic rings. The fourth-order valence-corrected chi connectivity index (χ4v) is 3.19. The highest BCUT2D eigenvalue weighted by Gasteiger charge is 2.40. The van der Waals surface area contributed by atoms with Crippen molar-refractivity contribution in [1.82, 2.24) is 9.88 Å². The highest BCUT2D eigenvalue weighted by molar-refractivity contribution is 8.00. The average Bonchev–Trinajstić information content (AvgIpc) is 2.71. The molecule has 0 aliphatic carbocycles. The van der Waals surface area contributed by atoms with Crippen molar-refractivity contribution in [3.05, 3.63) is 29.0 Å². The van der Waals surface area contributed by atoms with Gasteiger partial charge in [0.25, 0.3) is 5.91 Å². The number of aromatic nitrogens is 1. The molecule has 1 aromatic rings. The Morgan fingerprint density at radius 1 is 1.61 bits per heavy atom. The second-order valence-electron chi connectivity index (χ2n) is 3.84. The number of carbonyl (C=O) groups excluding carboxylic acids is 1. The molecule has 2 atom stereocenters. The lowest BCUT2D eigenvalue weighted by atomic mass is 10.2. The first-order valence-electron chi connectivity index (χ1n) is 5.30. The Balaban J connectivity index is 2.33. The van der Waals surface area contributed by atoms with Gasteiger partial charge in [0.05, 0.1) is 10.9 Å². The van der Waals surface area contributed by atoms with Gasteiger partial charge in [-0.25, -0.2) is 9.78 Å². The van der Waals surface area contributed by atoms with Crippen LogP contribution in [0.15, 0.2) is 18.3 Å². The van der Waals surface area contributed by atoms with Gasteiger partial charge in [0.15, 0.2) is 0 Å². The number of carboxylic acids is 1. The van der Waals surface area contributed by atoms with E-state index in [1.54, 1.807) is 19.1 Å². The maximum Gasteiger partial charge on any atom is 0.327 e. The topological polar surface area (TPSA) is 70.5 Å². The molecule has 18 heavy (non-hydrogen) atoms. The van der Waals surface area contributed by atoms with Crippen molar-refractivity contribution in [2.75, 3.05) is 5.75 Å². The molecule has 96 valence electrons. The number of halogens is 1. The van der Waals surface area contributed by atoms with E-state index >= 15 is 0 Å². The number of carboxylic acid groups (broad SMARTS) is 1. The Morgan fingerprint density at radius 3 is 2.94 bits per heavy atom. The van der Waals surface area contributed by atoms with Gasteiger partial charge in [-0.15, -0.1) is 11.8 Å². The van der Waals surface area contributed by atoms with E-state index in [-0.39, 0.29) is 16.1 Å². The molecule has 0 saturated carbocycles. The molecule has 0 bridgehead atoms. The van der Waals surface area contributed by atoms with Crippen LogP contribution in [0.1, 0.15) is 17.3 Å². The Bertz CT molecular complexity index is 497. The lowest BCUT2D eigenvalue weighted by Gasteiger charge is -2.25. The van der Waals surface area contributed by atoms with Crippen molar-refractivity contribution in [3.8, 4) is 0 Å². The third kappa shape index (κ3) is 2.30. The molecular formula is C11H11ClN2O3S. The zero-order valence-electron chi connectivity index (χ0n) is 9.54. The SMILES string of the molecule is CC1SCC(C(=O)O)N1C(=O)c1cccnc1Cl. The largest absolute Gasteiger partial charge is 0.480 e. The molecular weight excluding hydrogens is 276 g/mol. The molecule has 1 aromatic heterocycles. The summed E-state index contributed by atoms with van der Waals surface area (Å²) in [4.78, 5) is 28.6. The maximum atomic E-state index is 12.3. The summed E-state index contributed by atoms with van der Waals surface area (Å²) in [6.45, 7) is 1.80. The zero-order chi connectivity index (χ0) is 13.3. The summed E-state index contributed by atoms with van der Waals surface area (Å²) in [6, 6.07) is 2.34. The number of hydrogen-bond acceptors (Lipinski definition) is 4. The Morgan fingerprint density at radius 2 is 2.33 bits per heavy atom. The summed E-state index contributed by atoms with van der Waals surface area (Å²) < 4.78 is 0. The van der Waals surface area contributed by atoms with Crippen molar-refractivity contribution in [3.63, 3.8) is 0 Å². The molecule has 1 N–H and O–H groups in total. The maximum absolute atomic E-state index is 12.3. The predicted octanol–water partition coefficient (Wildman–Crippen LogP) is 1.72. The van der Waals surface area contributed by atoms with E-state index in [9.17, 15) is 9.59 Å². The first kappa shape index (κ1) is 13.2. The number of hydrogen-bond donors (Lipinski definition) is 1. The van der Waals surface area contributed by atoms with Crippen LogP contribution in [0, 0.1) is 0 Å². The lowest BCUT2D eigenvalue weighted by Crippen LogP contribution is -2.44. The molecule has 2 rings (SSSR count). The second-order valence-corrected chi connectivity index (χ2v) is 5.55. The highest BCUT2D eigenvalue weighted by atomic mass is 35.5. The number of rotatable bonds is 2. The van der Waals surface area contributed by atoms with Crippen LogP contribution in [0.5, 0.6) is 0 Å². The van der Waals surface area contributed by atoms with Crippen molar-refractivity contribution in [1.29, 1.82) is 0 Å². The fraction of sp³-hybridized carbons (Fsp3) is 0.364. The molecule has 0 spiro atoms. The van der Waals surface area contributed by atoms with Crippen LogP contribution in [-0.4, -0.2) is 44.0 Å². The van der Waals surface area contributed by atoms with Crippen LogP contribution in [-0.2, 0) is 4.79 Å². The van der Waals surface area contributed by atoms with Gasteiger partial charge < -0.3 is 10.0 Å². The third-order valence-corrected chi connectivity index (χ3v) is 4.25. The minimum Gasteiger partial charge on any atom is -0.480 e. The number of pyridine rings is 1. The molecule has 7 heteroatoms. The second kappa shape index (κ2) is 5.16. The van der Waals surface area contributed by atoms with E-state index in [2.05, 4.69) is 4.98 Å². The van der Waals surface area contributed by atoms with Gasteiger partial charge >= 0.3 is 5.97 Å². The summed E-state index contributed by atoms with van der Waals surface area (Å²) in [5.41, 5.74) is 0.236. The van der Waals surface area contributed by atoms with Crippen LogP contribution >= 0.6 is 23.4 Å². The Kier molecular flexibility index (Phi) is 3.77. The normalized spacial score (nSPS) is 23.1. The Hall–Kier alpha value is -1.27. The Labute approximate surface area is 113 Å². The van der Waals surface area contributed by atoms with E-state index in [0.29, 0.717) is 5.75 Å². The number of amides is 1. The van der Waals surface area contributed by atoms with Crippen LogP contribution in [0.2, 0.25) is 5.15 Å². The smallest absolute Gasteiger partial charge is 0.327 e. The molecule has 0 radical (unpaired) electrons. The number of thioether (sulfide) groups is 1. The first-order valence-corrected chi connectivity index (χ1v) is 6.72. The standard InChI is InChI=1S/C11H11ClN2O3S/c1-6-14(8(5-18-6)11(16)17)10(15)7-3-2-4-13-9(7)12/h2-4,6,8H,5H2,1H3,(H,16,17). The molecule has 5 nitrogen and oxygen atoms in total. The van der Waals surface area contributed by atoms with E-state index in [1.165, 1.54) is 22.9 Å². The molecule has 1 amide bonds. The zero-order valence-corrected chi connectivity index (χ0v) is 11.1. The van der Waals surface area contributed by atoms with Crippen molar-refractivity contribution < 1.29 is 14.7 Å². The summed E-state index contributed by atoms with van der Waals surface area (Å²) in [6.07, 6.45) is 1.48. The predicted molar refractivity (Wildman–Crippen MR) is 68.8 cm³/mol. The van der Waals surface area contributed by atoms with Crippen LogP contribution in [0.25, 0.3) is 0 Å². The monoisotopic (exact) mass is 286 g/mol. The average molecular weight is 287 g/mol. The van der Waals surface area contributed by atoms with E-state index in [0.717, 1.165) is 0 Å². The van der Waals surface area contributed by atoms with Gasteiger partial charge in [-0.3, -0.25) is 4.79 Å². The van der Waals surface area contributed by atoms with Crippen molar-refractivity contribution in [2.24, 2.45) is 0 Å². The molecule has 2 unspecified atom stereocenters.